The molecule has 0 fully saturated rings. The number of fused-ring (bicyclic) bond motifs is 1. The lowest BCUT2D eigenvalue weighted by Crippen LogP contribution is -2.05. The second kappa shape index (κ2) is 4.97. The van der Waals surface area contributed by atoms with Crippen molar-refractivity contribution in [1.29, 1.82) is 0 Å². The first-order chi connectivity index (χ1) is 9.80. The van der Waals surface area contributed by atoms with Gasteiger partial charge in [-0.1, -0.05) is 6.07 Å². The Balaban J connectivity index is 3.03. The molecule has 2 rings (SSSR count). The Morgan fingerprint density at radius 3 is 1.64 bits per heavy atom. The summed E-state index contributed by atoms with van der Waals surface area (Å²) >= 11 is 0. The van der Waals surface area contributed by atoms with Crippen LogP contribution in [0.2, 0.25) is 0 Å². The number of rotatable bonds is 3. The van der Waals surface area contributed by atoms with Crippen LogP contribution in [0.5, 0.6) is 0 Å². The highest BCUT2D eigenvalue weighted by atomic mass is 32.2. The first-order valence-corrected chi connectivity index (χ1v) is 9.62. The van der Waals surface area contributed by atoms with Crippen molar-refractivity contribution < 1.29 is 38.9 Å². The lowest BCUT2D eigenvalue weighted by molar-refractivity contribution is 0.478. The van der Waals surface area contributed by atoms with Gasteiger partial charge in [-0.2, -0.15) is 25.3 Å². The van der Waals surface area contributed by atoms with Gasteiger partial charge in [0.15, 0.2) is 0 Å². The molecule has 0 amide bonds. The fourth-order valence-electron chi connectivity index (χ4n) is 1.80. The maximum Gasteiger partial charge on any atom is 0.295 e. The van der Waals surface area contributed by atoms with Gasteiger partial charge in [-0.25, -0.2) is 0 Å². The molecule has 120 valence electrons. The van der Waals surface area contributed by atoms with E-state index in [4.69, 9.17) is 13.7 Å². The Morgan fingerprint density at radius 2 is 1.18 bits per heavy atom. The van der Waals surface area contributed by atoms with Crippen molar-refractivity contribution in [2.45, 2.75) is 14.7 Å². The predicted octanol–water partition coefficient (Wildman–Crippen LogP) is 0.580. The summed E-state index contributed by atoms with van der Waals surface area (Å²) in [5, 5.41) is -0.430. The molecule has 3 N–H and O–H groups in total. The molecule has 0 heterocycles. The minimum absolute atomic E-state index is 0.0878. The Bertz CT molecular complexity index is 1080. The monoisotopic (exact) mass is 368 g/mol. The minimum Gasteiger partial charge on any atom is -0.282 e. The second-order valence-electron chi connectivity index (χ2n) is 4.23. The maximum atomic E-state index is 11.4. The van der Waals surface area contributed by atoms with E-state index in [1.165, 1.54) is 0 Å². The fourth-order valence-corrected chi connectivity index (χ4v) is 3.65. The van der Waals surface area contributed by atoms with Gasteiger partial charge in [0.2, 0.25) is 0 Å². The number of hydrogen-bond acceptors (Lipinski definition) is 6. The fraction of sp³-hybridized carbons (Fsp3) is 0. The number of benzene rings is 2. The molecule has 0 radical (unpaired) electrons. The van der Waals surface area contributed by atoms with Crippen molar-refractivity contribution >= 4 is 41.1 Å². The molecular formula is C10H8O9S3. The SMILES string of the molecule is O=S(=O)(O)c1cc(S(=O)(=O)O)c2cc(S(=O)(=O)O)ccc2c1. The smallest absolute Gasteiger partial charge is 0.282 e. The van der Waals surface area contributed by atoms with Crippen LogP contribution in [0.25, 0.3) is 10.8 Å². The molecule has 0 unspecified atom stereocenters. The molecule has 0 bridgehead atoms. The van der Waals surface area contributed by atoms with Gasteiger partial charge < -0.3 is 0 Å². The summed E-state index contributed by atoms with van der Waals surface area (Å²) in [5.41, 5.74) is 0. The predicted molar refractivity (Wildman–Crippen MR) is 73.4 cm³/mol. The summed E-state index contributed by atoms with van der Waals surface area (Å²) in [5.74, 6) is 0. The van der Waals surface area contributed by atoms with Gasteiger partial charge in [0.25, 0.3) is 30.4 Å². The third-order valence-corrected chi connectivity index (χ3v) is 5.31. The molecule has 0 aromatic heterocycles. The van der Waals surface area contributed by atoms with Crippen LogP contribution in [-0.2, 0) is 30.4 Å². The van der Waals surface area contributed by atoms with E-state index in [0.29, 0.717) is 6.07 Å². The van der Waals surface area contributed by atoms with Gasteiger partial charge >= 0.3 is 0 Å². The third kappa shape index (κ3) is 3.26. The molecule has 22 heavy (non-hydrogen) atoms. The summed E-state index contributed by atoms with van der Waals surface area (Å²) in [7, 11) is -14.3. The van der Waals surface area contributed by atoms with Crippen LogP contribution in [-0.4, -0.2) is 38.9 Å². The molecule has 0 saturated carbocycles. The first-order valence-electron chi connectivity index (χ1n) is 5.30. The average Bonchev–Trinajstić information content (AvgIpc) is 2.33. The Hall–Kier alpha value is -1.57. The van der Waals surface area contributed by atoms with Gasteiger partial charge in [-0.3, -0.25) is 13.7 Å². The average molecular weight is 368 g/mol. The quantitative estimate of drug-likeness (QED) is 0.657. The van der Waals surface area contributed by atoms with E-state index in [0.717, 1.165) is 24.3 Å². The van der Waals surface area contributed by atoms with E-state index in [1.54, 1.807) is 0 Å². The largest absolute Gasteiger partial charge is 0.295 e. The first kappa shape index (κ1) is 16.8. The molecule has 12 heteroatoms. The topological polar surface area (TPSA) is 163 Å². The highest BCUT2D eigenvalue weighted by molar-refractivity contribution is 7.87. The molecule has 0 saturated heterocycles. The van der Waals surface area contributed by atoms with Crippen LogP contribution in [0.4, 0.5) is 0 Å². The normalized spacial score (nSPS) is 13.4. The Morgan fingerprint density at radius 1 is 0.636 bits per heavy atom. The lowest BCUT2D eigenvalue weighted by Gasteiger charge is -2.08. The number of hydrogen-bond donors (Lipinski definition) is 3. The van der Waals surface area contributed by atoms with Crippen LogP contribution >= 0.6 is 0 Å². The van der Waals surface area contributed by atoms with Crippen molar-refractivity contribution in [2.75, 3.05) is 0 Å². The molecule has 0 aliphatic heterocycles. The van der Waals surface area contributed by atoms with E-state index in [-0.39, 0.29) is 10.8 Å². The van der Waals surface area contributed by atoms with Crippen molar-refractivity contribution in [3.63, 3.8) is 0 Å². The van der Waals surface area contributed by atoms with Crippen LogP contribution in [0.3, 0.4) is 0 Å². The van der Waals surface area contributed by atoms with Crippen molar-refractivity contribution in [3.8, 4) is 0 Å². The van der Waals surface area contributed by atoms with E-state index in [2.05, 4.69) is 0 Å². The van der Waals surface area contributed by atoms with E-state index < -0.39 is 45.0 Å². The molecule has 2 aromatic carbocycles. The van der Waals surface area contributed by atoms with Crippen LogP contribution in [0.1, 0.15) is 0 Å². The summed E-state index contributed by atoms with van der Waals surface area (Å²) < 4.78 is 94.2. The zero-order chi connectivity index (χ0) is 16.9. The Kier molecular flexibility index (Phi) is 3.80. The molecule has 9 nitrogen and oxygen atoms in total. The molecule has 0 atom stereocenters. The van der Waals surface area contributed by atoms with Crippen molar-refractivity contribution in [3.05, 3.63) is 30.3 Å². The van der Waals surface area contributed by atoms with E-state index in [9.17, 15) is 25.3 Å². The van der Waals surface area contributed by atoms with Gasteiger partial charge in [0, 0.05) is 5.39 Å². The molecule has 0 aliphatic rings. The standard InChI is InChI=1S/C10H8O9S3/c11-20(12,13)7-2-1-6-3-8(21(14,15)16)5-10(9(6)4-7)22(17,18)19/h1-5H,(H,11,12,13)(H,14,15,16)(H,17,18,19). The maximum absolute atomic E-state index is 11.4. The zero-order valence-electron chi connectivity index (χ0n) is 10.4. The van der Waals surface area contributed by atoms with Gasteiger partial charge in [0.1, 0.15) is 4.90 Å². The summed E-state index contributed by atoms with van der Waals surface area (Å²) in [4.78, 5) is -2.38. The van der Waals surface area contributed by atoms with Gasteiger partial charge in [-0.15, -0.1) is 0 Å². The van der Waals surface area contributed by atoms with Crippen LogP contribution < -0.4 is 0 Å². The van der Waals surface area contributed by atoms with Crippen LogP contribution in [0.15, 0.2) is 45.0 Å². The summed E-state index contributed by atoms with van der Waals surface area (Å²) in [6, 6.07) is 4.02. The highest BCUT2D eigenvalue weighted by Crippen LogP contribution is 2.29. The lowest BCUT2D eigenvalue weighted by atomic mass is 10.1. The molecular weight excluding hydrogens is 360 g/mol. The second-order valence-corrected chi connectivity index (χ2v) is 8.46. The molecule has 0 spiro atoms. The van der Waals surface area contributed by atoms with Crippen molar-refractivity contribution in [1.82, 2.24) is 0 Å². The van der Waals surface area contributed by atoms with Crippen molar-refractivity contribution in [2.24, 2.45) is 0 Å². The third-order valence-electron chi connectivity index (χ3n) is 2.73. The zero-order valence-corrected chi connectivity index (χ0v) is 12.9. The van der Waals surface area contributed by atoms with E-state index >= 15 is 0 Å². The summed E-state index contributed by atoms with van der Waals surface area (Å²) in [6.45, 7) is 0. The minimum atomic E-state index is -4.93. The Labute approximate surface area is 125 Å². The molecule has 2 aromatic rings. The van der Waals surface area contributed by atoms with Gasteiger partial charge in [0.05, 0.1) is 9.79 Å². The van der Waals surface area contributed by atoms with Gasteiger partial charge in [-0.05, 0) is 29.7 Å². The van der Waals surface area contributed by atoms with Crippen LogP contribution in [0, 0.1) is 0 Å². The summed E-state index contributed by atoms with van der Waals surface area (Å²) in [6.07, 6.45) is 0. The van der Waals surface area contributed by atoms with E-state index in [1.807, 2.05) is 0 Å². The molecule has 0 aliphatic carbocycles. The highest BCUT2D eigenvalue weighted by Gasteiger charge is 2.22.